The number of benzene rings is 2. The Labute approximate surface area is 259 Å². The van der Waals surface area contributed by atoms with E-state index in [4.69, 9.17) is 16.3 Å². The maximum atomic E-state index is 13.0. The van der Waals surface area contributed by atoms with Crippen LogP contribution in [-0.2, 0) is 28.0 Å². The molecule has 232 valence electrons. The van der Waals surface area contributed by atoms with Crippen LogP contribution in [0.1, 0.15) is 11.1 Å². The van der Waals surface area contributed by atoms with E-state index in [1.54, 1.807) is 11.0 Å². The number of alkyl halides is 2. The molecule has 2 aromatic carbocycles. The quantitative estimate of drug-likeness (QED) is 0.195. The van der Waals surface area contributed by atoms with Crippen molar-refractivity contribution in [2.75, 3.05) is 44.2 Å². The van der Waals surface area contributed by atoms with E-state index < -0.39 is 24.1 Å². The number of halogens is 6. The Balaban J connectivity index is 0.00000308. The summed E-state index contributed by atoms with van der Waals surface area (Å²) in [7, 11) is -6.81. The summed E-state index contributed by atoms with van der Waals surface area (Å²) < 4.78 is 83.4. The summed E-state index contributed by atoms with van der Waals surface area (Å²) in [6.45, 7) is 3.45. The van der Waals surface area contributed by atoms with Crippen molar-refractivity contribution in [3.05, 3.63) is 52.7 Å². The number of hydrogen-bond acceptors (Lipinski definition) is 10. The lowest BCUT2D eigenvalue weighted by Gasteiger charge is -2.29. The minimum absolute atomic E-state index is 0. The van der Waals surface area contributed by atoms with Crippen molar-refractivity contribution in [2.24, 2.45) is 0 Å². The smallest absolute Gasteiger partial charge is 0.488 e. The van der Waals surface area contributed by atoms with E-state index in [1.165, 1.54) is 38.8 Å². The molecule has 4 rings (SSSR count). The number of rotatable bonds is 10. The molecular formula is C24H28Cl3F3N5O5PS. The zero-order valence-electron chi connectivity index (χ0n) is 22.4. The first-order valence-corrected chi connectivity index (χ1v) is 16.1. The Kier molecular flexibility index (Phi) is 12.2. The summed E-state index contributed by atoms with van der Waals surface area (Å²) in [4.78, 5) is 10.3. The highest BCUT2D eigenvalue weighted by atomic mass is 35.5. The molecular weight excluding hydrogens is 665 g/mol. The van der Waals surface area contributed by atoms with E-state index in [0.29, 0.717) is 30.9 Å². The second-order valence-electron chi connectivity index (χ2n) is 9.34. The zero-order chi connectivity index (χ0) is 29.2. The van der Waals surface area contributed by atoms with Crippen LogP contribution in [-0.4, -0.2) is 63.2 Å². The van der Waals surface area contributed by atoms with Crippen LogP contribution in [0.4, 0.5) is 35.8 Å². The molecule has 0 bridgehead atoms. The average Bonchev–Trinajstić information content (AvgIpc) is 2.84. The molecule has 18 heteroatoms. The maximum absolute atomic E-state index is 13.0. The molecule has 0 radical (unpaired) electrons. The van der Waals surface area contributed by atoms with Crippen LogP contribution in [0.25, 0.3) is 0 Å². The van der Waals surface area contributed by atoms with Crippen LogP contribution in [0.2, 0.25) is 5.02 Å². The molecule has 2 N–H and O–H groups in total. The van der Waals surface area contributed by atoms with Crippen LogP contribution < -0.4 is 24.9 Å². The minimum atomic E-state index is -5.28. The lowest BCUT2D eigenvalue weighted by atomic mass is 9.98. The van der Waals surface area contributed by atoms with Gasteiger partial charge in [0.2, 0.25) is 5.95 Å². The molecule has 0 aliphatic carbocycles. The number of nitrogens with one attached hydrogen (secondary N) is 2. The zero-order valence-corrected chi connectivity index (χ0v) is 26.5. The summed E-state index contributed by atoms with van der Waals surface area (Å²) in [5.74, 6) is 0.398. The van der Waals surface area contributed by atoms with Crippen molar-refractivity contribution in [3.8, 4) is 11.5 Å². The van der Waals surface area contributed by atoms with E-state index in [-0.39, 0.29) is 64.9 Å². The highest BCUT2D eigenvalue weighted by Crippen LogP contribution is 2.40. The van der Waals surface area contributed by atoms with E-state index in [1.807, 2.05) is 6.07 Å². The number of hydrogen-bond donors (Lipinski definition) is 2. The fourth-order valence-electron chi connectivity index (χ4n) is 4.26. The molecule has 0 saturated heterocycles. The molecule has 1 aromatic heterocycles. The van der Waals surface area contributed by atoms with Gasteiger partial charge in [-0.1, -0.05) is 15.5 Å². The van der Waals surface area contributed by atoms with Gasteiger partial charge in [0, 0.05) is 18.4 Å². The predicted molar refractivity (Wildman–Crippen MR) is 162 cm³/mol. The molecule has 1 aliphatic rings. The molecule has 0 fully saturated rings. The molecule has 0 amide bonds. The molecule has 3 aromatic rings. The molecule has 0 saturated carbocycles. The SMILES string of the molecule is COc1cc2c(cc1Nc1ncc(Cl)c(Nc3ccc(OS(=O)(=O)F)cc3P(C)(C)=O)n1)CN(CC(F)F)CC2.Cl.Cl. The first kappa shape index (κ1) is 35.7. The first-order chi connectivity index (χ1) is 18.7. The molecule has 0 atom stereocenters. The Hall–Kier alpha value is -2.48. The minimum Gasteiger partial charge on any atom is -0.495 e. The van der Waals surface area contributed by atoms with E-state index in [9.17, 15) is 25.6 Å². The van der Waals surface area contributed by atoms with Crippen molar-refractivity contribution < 1.29 is 34.6 Å². The van der Waals surface area contributed by atoms with E-state index in [2.05, 4.69) is 24.8 Å². The van der Waals surface area contributed by atoms with Crippen molar-refractivity contribution in [3.63, 3.8) is 0 Å². The van der Waals surface area contributed by atoms with Gasteiger partial charge in [-0.15, -0.1) is 24.8 Å². The largest absolute Gasteiger partial charge is 0.495 e. The van der Waals surface area contributed by atoms with Crippen LogP contribution in [0.15, 0.2) is 36.5 Å². The van der Waals surface area contributed by atoms with E-state index >= 15 is 0 Å². The Morgan fingerprint density at radius 1 is 1.12 bits per heavy atom. The van der Waals surface area contributed by atoms with Gasteiger partial charge in [0.1, 0.15) is 23.7 Å². The predicted octanol–water partition coefficient (Wildman–Crippen LogP) is 5.93. The fraction of sp³-hybridized carbons (Fsp3) is 0.333. The van der Waals surface area contributed by atoms with Gasteiger partial charge in [0.15, 0.2) is 5.82 Å². The van der Waals surface area contributed by atoms with Gasteiger partial charge >= 0.3 is 10.5 Å². The van der Waals surface area contributed by atoms with Gasteiger partial charge in [0.25, 0.3) is 6.43 Å². The molecule has 0 unspecified atom stereocenters. The second kappa shape index (κ2) is 14.3. The van der Waals surface area contributed by atoms with Crippen molar-refractivity contribution in [1.29, 1.82) is 0 Å². The Bertz CT molecular complexity index is 1580. The fourth-order valence-corrected chi connectivity index (χ4v) is 5.88. The third-order valence-corrected chi connectivity index (χ3v) is 8.20. The summed E-state index contributed by atoms with van der Waals surface area (Å²) >= 11 is 6.32. The molecule has 10 nitrogen and oxygen atoms in total. The van der Waals surface area contributed by atoms with Crippen molar-refractivity contribution in [2.45, 2.75) is 19.4 Å². The topological polar surface area (TPSA) is 123 Å². The number of fused-ring (bicyclic) bond motifs is 1. The van der Waals surface area contributed by atoms with Crippen molar-refractivity contribution in [1.82, 2.24) is 14.9 Å². The van der Waals surface area contributed by atoms with Gasteiger partial charge < -0.3 is 24.1 Å². The number of ether oxygens (including phenoxy) is 1. The van der Waals surface area contributed by atoms with Gasteiger partial charge in [0.05, 0.1) is 31.2 Å². The molecule has 2 heterocycles. The monoisotopic (exact) mass is 691 g/mol. The summed E-state index contributed by atoms with van der Waals surface area (Å²) in [6.07, 6.45) is -0.494. The lowest BCUT2D eigenvalue weighted by molar-refractivity contribution is 0.0820. The van der Waals surface area contributed by atoms with Crippen molar-refractivity contribution >= 4 is 82.5 Å². The van der Waals surface area contributed by atoms with E-state index in [0.717, 1.165) is 17.2 Å². The Morgan fingerprint density at radius 2 is 1.83 bits per heavy atom. The number of anilines is 4. The van der Waals surface area contributed by atoms with Crippen LogP contribution in [0, 0.1) is 0 Å². The van der Waals surface area contributed by atoms with Gasteiger partial charge in [-0.3, -0.25) is 4.90 Å². The second-order valence-corrected chi connectivity index (χ2v) is 13.9. The number of nitrogens with zero attached hydrogens (tertiary/aromatic N) is 3. The van der Waals surface area contributed by atoms with Crippen LogP contribution in [0.5, 0.6) is 11.5 Å². The summed E-state index contributed by atoms with van der Waals surface area (Å²) in [5.41, 5.74) is 2.64. The highest BCUT2D eigenvalue weighted by molar-refractivity contribution is 7.81. The third kappa shape index (κ3) is 9.26. The standard InChI is InChI=1S/C24H26ClF3N5O5PS.2ClH/c1-37-20-9-14-6-7-33(13-22(26)27)12-15(14)8-19(20)31-24-29-11-17(25)23(32-24)30-18-5-4-16(38-40(28,35)36)10-21(18)39(2,3)34;;/h4-5,8-11,22H,6-7,12-13H2,1-3H3,(H2,29,30,31,32);2*1H. The molecule has 42 heavy (non-hydrogen) atoms. The third-order valence-electron chi connectivity index (χ3n) is 6.00. The normalized spacial score (nSPS) is 13.4. The summed E-state index contributed by atoms with van der Waals surface area (Å²) in [6, 6.07) is 7.35. The number of methoxy groups -OCH3 is 1. The van der Waals surface area contributed by atoms with Crippen LogP contribution >= 0.6 is 43.6 Å². The lowest BCUT2D eigenvalue weighted by Crippen LogP contribution is -2.34. The first-order valence-electron chi connectivity index (χ1n) is 11.8. The number of aromatic nitrogens is 2. The summed E-state index contributed by atoms with van der Waals surface area (Å²) in [5, 5.41) is 6.31. The van der Waals surface area contributed by atoms with Gasteiger partial charge in [-0.25, -0.2) is 13.8 Å². The Morgan fingerprint density at radius 3 is 2.45 bits per heavy atom. The highest BCUT2D eigenvalue weighted by Gasteiger charge is 2.23. The van der Waals surface area contributed by atoms with Crippen LogP contribution in [0.3, 0.4) is 0 Å². The molecule has 1 aliphatic heterocycles. The average molecular weight is 693 g/mol. The van der Waals surface area contributed by atoms with Gasteiger partial charge in [-0.05, 0) is 61.2 Å². The molecule has 0 spiro atoms. The van der Waals surface area contributed by atoms with Gasteiger partial charge in [-0.2, -0.15) is 13.4 Å². The maximum Gasteiger partial charge on any atom is 0.488 e.